The summed E-state index contributed by atoms with van der Waals surface area (Å²) in [4.78, 5) is 14.3. The van der Waals surface area contributed by atoms with Crippen LogP contribution < -0.4 is 5.32 Å². The summed E-state index contributed by atoms with van der Waals surface area (Å²) in [6.07, 6.45) is 7.52. The number of hydrogen-bond donors (Lipinski definition) is 1. The number of carbonyl (C=O) groups excluding carboxylic acids is 1. The second-order valence-electron chi connectivity index (χ2n) is 6.75. The van der Waals surface area contributed by atoms with Crippen LogP contribution in [0.25, 0.3) is 0 Å². The molecular formula is C17H29ClN4O2. The van der Waals surface area contributed by atoms with Crippen molar-refractivity contribution in [3.8, 4) is 0 Å². The maximum absolute atomic E-state index is 12.5. The molecule has 2 aliphatic heterocycles. The number of nitrogens with zero attached hydrogens (tertiary/aromatic N) is 3. The van der Waals surface area contributed by atoms with Crippen molar-refractivity contribution in [3.63, 3.8) is 0 Å². The van der Waals surface area contributed by atoms with Crippen molar-refractivity contribution in [2.45, 2.75) is 38.1 Å². The number of hydrogen-bond acceptors (Lipinski definition) is 4. The minimum Gasteiger partial charge on any atom is -0.381 e. The van der Waals surface area contributed by atoms with Gasteiger partial charge in [-0.25, -0.2) is 0 Å². The fourth-order valence-electron chi connectivity index (χ4n) is 3.42. The first-order valence-electron chi connectivity index (χ1n) is 8.83. The minimum absolute atomic E-state index is 0. The topological polar surface area (TPSA) is 59.4 Å². The summed E-state index contributed by atoms with van der Waals surface area (Å²) < 4.78 is 7.34. The van der Waals surface area contributed by atoms with Gasteiger partial charge in [0.15, 0.2) is 0 Å². The van der Waals surface area contributed by atoms with Crippen molar-refractivity contribution >= 4 is 18.3 Å². The summed E-state index contributed by atoms with van der Waals surface area (Å²) in [6.45, 7) is 4.54. The molecule has 1 N–H and O–H groups in total. The first-order valence-corrected chi connectivity index (χ1v) is 8.83. The summed E-state index contributed by atoms with van der Waals surface area (Å²) in [5, 5.41) is 7.90. The van der Waals surface area contributed by atoms with E-state index in [4.69, 9.17) is 4.74 Å². The Balaban J connectivity index is 0.00000208. The molecule has 2 saturated heterocycles. The van der Waals surface area contributed by atoms with Crippen LogP contribution in [-0.4, -0.2) is 60.5 Å². The maximum Gasteiger partial charge on any atom is 0.274 e. The van der Waals surface area contributed by atoms with Gasteiger partial charge in [-0.3, -0.25) is 9.48 Å². The molecule has 24 heavy (non-hydrogen) atoms. The second-order valence-corrected chi connectivity index (χ2v) is 6.75. The third-order valence-corrected chi connectivity index (χ3v) is 5.03. The lowest BCUT2D eigenvalue weighted by Gasteiger charge is -2.24. The predicted octanol–water partition coefficient (Wildman–Crippen LogP) is 2.12. The van der Waals surface area contributed by atoms with Crippen molar-refractivity contribution in [1.29, 1.82) is 0 Å². The summed E-state index contributed by atoms with van der Waals surface area (Å²) >= 11 is 0. The molecule has 6 nitrogen and oxygen atoms in total. The van der Waals surface area contributed by atoms with Crippen LogP contribution in [0.1, 0.15) is 48.6 Å². The standard InChI is InChI=1S/C17H28N4O2.ClH/c1-20(9-4-14-6-11-23-12-7-14)17(22)16-5-10-21(19-16)15-3-2-8-18-13-15;/h5,10,14-15,18H,2-4,6-9,11-13H2,1H3;1H. The average molecular weight is 357 g/mol. The van der Waals surface area contributed by atoms with E-state index in [1.807, 2.05) is 24.0 Å². The van der Waals surface area contributed by atoms with E-state index < -0.39 is 0 Å². The summed E-state index contributed by atoms with van der Waals surface area (Å²) in [6, 6.07) is 2.22. The van der Waals surface area contributed by atoms with E-state index in [1.165, 1.54) is 6.42 Å². The molecule has 3 heterocycles. The molecule has 0 radical (unpaired) electrons. The fraction of sp³-hybridized carbons (Fsp3) is 0.765. The van der Waals surface area contributed by atoms with Gasteiger partial charge < -0.3 is 15.0 Å². The van der Waals surface area contributed by atoms with Crippen LogP contribution in [0.3, 0.4) is 0 Å². The summed E-state index contributed by atoms with van der Waals surface area (Å²) in [7, 11) is 1.88. The Kier molecular flexibility index (Phi) is 7.52. The fourth-order valence-corrected chi connectivity index (χ4v) is 3.42. The number of carbonyl (C=O) groups is 1. The third-order valence-electron chi connectivity index (χ3n) is 5.03. The monoisotopic (exact) mass is 356 g/mol. The first kappa shape index (κ1) is 19.2. The number of halogens is 1. The number of piperidine rings is 1. The third kappa shape index (κ3) is 4.94. The van der Waals surface area contributed by atoms with Crippen LogP contribution >= 0.6 is 12.4 Å². The molecule has 1 atom stereocenters. The van der Waals surface area contributed by atoms with Gasteiger partial charge in [0, 0.05) is 39.5 Å². The molecule has 1 unspecified atom stereocenters. The molecule has 1 aromatic rings. The number of amides is 1. The highest BCUT2D eigenvalue weighted by Crippen LogP contribution is 2.19. The molecule has 136 valence electrons. The number of rotatable bonds is 5. The van der Waals surface area contributed by atoms with Crippen LogP contribution in [0, 0.1) is 5.92 Å². The highest BCUT2D eigenvalue weighted by molar-refractivity contribution is 5.92. The van der Waals surface area contributed by atoms with Gasteiger partial charge in [-0.2, -0.15) is 5.10 Å². The number of aromatic nitrogens is 2. The van der Waals surface area contributed by atoms with Crippen molar-refractivity contribution < 1.29 is 9.53 Å². The van der Waals surface area contributed by atoms with E-state index in [1.54, 1.807) is 4.90 Å². The molecule has 0 bridgehead atoms. The van der Waals surface area contributed by atoms with E-state index in [9.17, 15) is 4.79 Å². The van der Waals surface area contributed by atoms with E-state index in [2.05, 4.69) is 10.4 Å². The van der Waals surface area contributed by atoms with Gasteiger partial charge in [0.05, 0.1) is 6.04 Å². The highest BCUT2D eigenvalue weighted by atomic mass is 35.5. The van der Waals surface area contributed by atoms with E-state index in [0.29, 0.717) is 17.7 Å². The molecule has 0 aliphatic carbocycles. The van der Waals surface area contributed by atoms with Gasteiger partial charge in [-0.1, -0.05) is 0 Å². The SMILES string of the molecule is CN(CCC1CCOCC1)C(=O)c1ccn(C2CCCNC2)n1.Cl. The zero-order chi connectivity index (χ0) is 16.1. The summed E-state index contributed by atoms with van der Waals surface area (Å²) in [5.41, 5.74) is 0.560. The summed E-state index contributed by atoms with van der Waals surface area (Å²) in [5.74, 6) is 0.712. The molecule has 1 amide bonds. The lowest BCUT2D eigenvalue weighted by Crippen LogP contribution is -2.33. The molecular weight excluding hydrogens is 328 g/mol. The molecule has 0 spiro atoms. The molecule has 0 saturated carbocycles. The van der Waals surface area contributed by atoms with Gasteiger partial charge in [0.25, 0.3) is 5.91 Å². The van der Waals surface area contributed by atoms with Crippen molar-refractivity contribution in [1.82, 2.24) is 20.0 Å². The molecule has 2 aliphatic rings. The zero-order valence-electron chi connectivity index (χ0n) is 14.4. The lowest BCUT2D eigenvalue weighted by atomic mass is 9.96. The van der Waals surface area contributed by atoms with Crippen LogP contribution in [0.4, 0.5) is 0 Å². The minimum atomic E-state index is 0. The van der Waals surface area contributed by atoms with E-state index in [0.717, 1.165) is 58.5 Å². The Labute approximate surface area is 150 Å². The number of ether oxygens (including phenoxy) is 1. The molecule has 7 heteroatoms. The highest BCUT2D eigenvalue weighted by Gasteiger charge is 2.21. The quantitative estimate of drug-likeness (QED) is 0.877. The van der Waals surface area contributed by atoms with Crippen LogP contribution in [0.5, 0.6) is 0 Å². The van der Waals surface area contributed by atoms with Crippen LogP contribution in [0.2, 0.25) is 0 Å². The average Bonchev–Trinajstić information content (AvgIpc) is 3.11. The normalized spacial score (nSPS) is 22.0. The van der Waals surface area contributed by atoms with Gasteiger partial charge in [-0.15, -0.1) is 12.4 Å². The molecule has 3 rings (SSSR count). The van der Waals surface area contributed by atoms with Crippen molar-refractivity contribution in [2.24, 2.45) is 5.92 Å². The Bertz CT molecular complexity index is 510. The Morgan fingerprint density at radius 2 is 2.21 bits per heavy atom. The first-order chi connectivity index (χ1) is 11.2. The van der Waals surface area contributed by atoms with Gasteiger partial charge >= 0.3 is 0 Å². The largest absolute Gasteiger partial charge is 0.381 e. The van der Waals surface area contributed by atoms with E-state index >= 15 is 0 Å². The zero-order valence-corrected chi connectivity index (χ0v) is 15.3. The molecule has 1 aromatic heterocycles. The maximum atomic E-state index is 12.5. The predicted molar refractivity (Wildman–Crippen MR) is 95.7 cm³/mol. The van der Waals surface area contributed by atoms with Crippen LogP contribution in [-0.2, 0) is 4.74 Å². The molecule has 0 aromatic carbocycles. The smallest absolute Gasteiger partial charge is 0.274 e. The van der Waals surface area contributed by atoms with Gasteiger partial charge in [0.2, 0.25) is 0 Å². The van der Waals surface area contributed by atoms with Gasteiger partial charge in [-0.05, 0) is 50.6 Å². The van der Waals surface area contributed by atoms with Gasteiger partial charge in [0.1, 0.15) is 5.69 Å². The lowest BCUT2D eigenvalue weighted by molar-refractivity contribution is 0.0582. The van der Waals surface area contributed by atoms with Crippen LogP contribution in [0.15, 0.2) is 12.3 Å². The molecule has 2 fully saturated rings. The number of nitrogens with one attached hydrogen (secondary N) is 1. The second kappa shape index (κ2) is 9.39. The van der Waals surface area contributed by atoms with E-state index in [-0.39, 0.29) is 18.3 Å². The van der Waals surface area contributed by atoms with Crippen molar-refractivity contribution in [3.05, 3.63) is 18.0 Å². The Morgan fingerprint density at radius 3 is 2.92 bits per heavy atom. The Morgan fingerprint density at radius 1 is 1.42 bits per heavy atom. The Hall–Kier alpha value is -1.11. The van der Waals surface area contributed by atoms with Crippen molar-refractivity contribution in [2.75, 3.05) is 39.9 Å².